The fourth-order valence-electron chi connectivity index (χ4n) is 1.80. The lowest BCUT2D eigenvalue weighted by Crippen LogP contribution is -2.24. The molecule has 1 aromatic carbocycles. The average Bonchev–Trinajstić information content (AvgIpc) is 2.27. The van der Waals surface area contributed by atoms with Crippen LogP contribution in [0.3, 0.4) is 0 Å². The largest absolute Gasteiger partial charge is 0.388 e. The first kappa shape index (κ1) is 13.6. The smallest absolute Gasteiger partial charge is 0.269 e. The van der Waals surface area contributed by atoms with Crippen LogP contribution < -0.4 is 0 Å². The number of hydrogen-bond acceptors (Lipinski definition) is 4. The highest BCUT2D eigenvalue weighted by Crippen LogP contribution is 2.24. The highest BCUT2D eigenvalue weighted by molar-refractivity contribution is 5.33. The topological polar surface area (TPSA) is 66.6 Å². The normalized spacial score (nSPS) is 14.6. The van der Waals surface area contributed by atoms with Crippen molar-refractivity contribution >= 4 is 5.69 Å². The number of hydrogen-bond donors (Lipinski definition) is 1. The first-order valence-electron chi connectivity index (χ1n) is 5.49. The maximum absolute atomic E-state index is 10.5. The van der Waals surface area contributed by atoms with E-state index in [2.05, 4.69) is 0 Å². The third-order valence-corrected chi connectivity index (χ3v) is 2.64. The van der Waals surface area contributed by atoms with Gasteiger partial charge in [-0.1, -0.05) is 6.92 Å². The van der Waals surface area contributed by atoms with E-state index in [0.717, 1.165) is 6.54 Å². The van der Waals surface area contributed by atoms with Crippen LogP contribution in [-0.2, 0) is 0 Å². The first-order chi connectivity index (χ1) is 7.91. The molecule has 0 aromatic heterocycles. The summed E-state index contributed by atoms with van der Waals surface area (Å²) < 4.78 is 0. The van der Waals surface area contributed by atoms with Gasteiger partial charge in [-0.2, -0.15) is 0 Å². The molecule has 5 heteroatoms. The van der Waals surface area contributed by atoms with Gasteiger partial charge in [-0.3, -0.25) is 10.1 Å². The number of nitro benzene ring substituents is 1. The molecule has 94 valence electrons. The molecule has 0 heterocycles. The summed E-state index contributed by atoms with van der Waals surface area (Å²) in [7, 11) is 3.89. The molecule has 0 aliphatic rings. The molecule has 0 unspecified atom stereocenters. The average molecular weight is 238 g/mol. The van der Waals surface area contributed by atoms with E-state index >= 15 is 0 Å². The second-order valence-electron chi connectivity index (χ2n) is 4.53. The van der Waals surface area contributed by atoms with Gasteiger partial charge in [-0.25, -0.2) is 0 Å². The Hall–Kier alpha value is -1.46. The molecule has 1 aromatic rings. The van der Waals surface area contributed by atoms with Gasteiger partial charge in [-0.15, -0.1) is 0 Å². The van der Waals surface area contributed by atoms with Crippen LogP contribution in [0.2, 0.25) is 0 Å². The molecule has 0 bridgehead atoms. The summed E-state index contributed by atoms with van der Waals surface area (Å²) in [6.07, 6.45) is -0.599. The van der Waals surface area contributed by atoms with Crippen molar-refractivity contribution in [2.24, 2.45) is 5.92 Å². The zero-order valence-corrected chi connectivity index (χ0v) is 10.3. The van der Waals surface area contributed by atoms with Gasteiger partial charge in [0, 0.05) is 18.7 Å². The Morgan fingerprint density at radius 1 is 1.35 bits per heavy atom. The van der Waals surface area contributed by atoms with Crippen molar-refractivity contribution < 1.29 is 10.0 Å². The van der Waals surface area contributed by atoms with Crippen LogP contribution in [0.5, 0.6) is 0 Å². The second kappa shape index (κ2) is 5.75. The van der Waals surface area contributed by atoms with Crippen LogP contribution in [0.25, 0.3) is 0 Å². The molecular formula is C12H18N2O3. The van der Waals surface area contributed by atoms with Crippen molar-refractivity contribution in [3.63, 3.8) is 0 Å². The predicted octanol–water partition coefficient (Wildman–Crippen LogP) is 1.83. The highest BCUT2D eigenvalue weighted by atomic mass is 16.6. The van der Waals surface area contributed by atoms with E-state index in [1.165, 1.54) is 12.1 Å². The SMILES string of the molecule is C[C@H](CN(C)C)[C@H](O)c1ccc([N+](=O)[O-])cc1. The molecule has 0 amide bonds. The quantitative estimate of drug-likeness (QED) is 0.627. The van der Waals surface area contributed by atoms with Crippen molar-refractivity contribution in [1.82, 2.24) is 4.90 Å². The van der Waals surface area contributed by atoms with Gasteiger partial charge in [0.25, 0.3) is 5.69 Å². The summed E-state index contributed by atoms with van der Waals surface area (Å²) in [6, 6.07) is 6.05. The van der Waals surface area contributed by atoms with Crippen molar-refractivity contribution in [2.45, 2.75) is 13.0 Å². The number of nitrogens with zero attached hydrogens (tertiary/aromatic N) is 2. The number of benzene rings is 1. The lowest BCUT2D eigenvalue weighted by atomic mass is 9.97. The number of non-ortho nitro benzene ring substituents is 1. The van der Waals surface area contributed by atoms with Crippen molar-refractivity contribution in [3.8, 4) is 0 Å². The summed E-state index contributed by atoms with van der Waals surface area (Å²) >= 11 is 0. The van der Waals surface area contributed by atoms with Gasteiger partial charge in [-0.05, 0) is 37.7 Å². The lowest BCUT2D eigenvalue weighted by molar-refractivity contribution is -0.384. The molecule has 2 atom stereocenters. The third kappa shape index (κ3) is 3.80. The maximum atomic E-state index is 10.5. The number of aliphatic hydroxyl groups excluding tert-OH is 1. The number of nitro groups is 1. The van der Waals surface area contributed by atoms with Crippen LogP contribution in [0.4, 0.5) is 5.69 Å². The molecule has 0 saturated carbocycles. The van der Waals surface area contributed by atoms with Gasteiger partial charge in [0.15, 0.2) is 0 Å². The molecule has 0 saturated heterocycles. The number of rotatable bonds is 5. The second-order valence-corrected chi connectivity index (χ2v) is 4.53. The lowest BCUT2D eigenvalue weighted by Gasteiger charge is -2.22. The Morgan fingerprint density at radius 2 is 1.88 bits per heavy atom. The summed E-state index contributed by atoms with van der Waals surface area (Å²) in [5.74, 6) is 0.0754. The van der Waals surface area contributed by atoms with Crippen LogP contribution >= 0.6 is 0 Å². The van der Waals surface area contributed by atoms with Crippen LogP contribution in [0, 0.1) is 16.0 Å². The van der Waals surface area contributed by atoms with E-state index in [1.807, 2.05) is 25.9 Å². The van der Waals surface area contributed by atoms with E-state index in [1.54, 1.807) is 12.1 Å². The van der Waals surface area contributed by atoms with Crippen LogP contribution in [0.15, 0.2) is 24.3 Å². The Labute approximate surface area is 101 Å². The van der Waals surface area contributed by atoms with E-state index in [4.69, 9.17) is 0 Å². The molecule has 0 aliphatic carbocycles. The predicted molar refractivity (Wildman–Crippen MR) is 65.8 cm³/mol. The zero-order valence-electron chi connectivity index (χ0n) is 10.3. The highest BCUT2D eigenvalue weighted by Gasteiger charge is 2.17. The number of aliphatic hydroxyl groups is 1. The summed E-state index contributed by atoms with van der Waals surface area (Å²) in [6.45, 7) is 2.71. The minimum Gasteiger partial charge on any atom is -0.388 e. The minimum absolute atomic E-state index is 0.0428. The fourth-order valence-corrected chi connectivity index (χ4v) is 1.80. The van der Waals surface area contributed by atoms with Gasteiger partial charge < -0.3 is 10.0 Å². The fraction of sp³-hybridized carbons (Fsp3) is 0.500. The molecule has 0 aliphatic heterocycles. The molecule has 1 N–H and O–H groups in total. The van der Waals surface area contributed by atoms with Crippen molar-refractivity contribution in [2.75, 3.05) is 20.6 Å². The van der Waals surface area contributed by atoms with Gasteiger partial charge in [0.1, 0.15) is 0 Å². The monoisotopic (exact) mass is 238 g/mol. The molecular weight excluding hydrogens is 220 g/mol. The molecule has 5 nitrogen and oxygen atoms in total. The minimum atomic E-state index is -0.599. The Morgan fingerprint density at radius 3 is 2.29 bits per heavy atom. The van der Waals surface area contributed by atoms with Crippen molar-refractivity contribution in [1.29, 1.82) is 0 Å². The maximum Gasteiger partial charge on any atom is 0.269 e. The Kier molecular flexibility index (Phi) is 4.60. The summed E-state index contributed by atoms with van der Waals surface area (Å²) in [5.41, 5.74) is 0.756. The van der Waals surface area contributed by atoms with E-state index in [0.29, 0.717) is 5.56 Å². The molecule has 1 rings (SSSR count). The van der Waals surface area contributed by atoms with Gasteiger partial charge in [0.05, 0.1) is 11.0 Å². The standard InChI is InChI=1S/C12H18N2O3/c1-9(8-13(2)3)12(15)10-4-6-11(7-5-10)14(16)17/h4-7,9,12,15H,8H2,1-3H3/t9-,12+/m1/s1. The molecule has 0 fully saturated rings. The molecule has 0 spiro atoms. The molecule has 0 radical (unpaired) electrons. The van der Waals surface area contributed by atoms with E-state index in [-0.39, 0.29) is 11.6 Å². The van der Waals surface area contributed by atoms with E-state index in [9.17, 15) is 15.2 Å². The van der Waals surface area contributed by atoms with Crippen LogP contribution in [-0.4, -0.2) is 35.6 Å². The van der Waals surface area contributed by atoms with E-state index < -0.39 is 11.0 Å². The first-order valence-corrected chi connectivity index (χ1v) is 5.49. The summed E-state index contributed by atoms with van der Waals surface area (Å²) in [4.78, 5) is 12.1. The third-order valence-electron chi connectivity index (χ3n) is 2.64. The van der Waals surface area contributed by atoms with Crippen LogP contribution in [0.1, 0.15) is 18.6 Å². The molecule has 17 heavy (non-hydrogen) atoms. The zero-order chi connectivity index (χ0) is 13.0. The van der Waals surface area contributed by atoms with Crippen molar-refractivity contribution in [3.05, 3.63) is 39.9 Å². The Balaban J connectivity index is 2.75. The Bertz CT molecular complexity index is 376. The summed E-state index contributed by atoms with van der Waals surface area (Å²) in [5, 5.41) is 20.6. The van der Waals surface area contributed by atoms with Gasteiger partial charge >= 0.3 is 0 Å². The van der Waals surface area contributed by atoms with Gasteiger partial charge in [0.2, 0.25) is 0 Å².